The molecule has 19 heavy (non-hydrogen) atoms. The van der Waals surface area contributed by atoms with Crippen LogP contribution in [0.25, 0.3) is 6.08 Å². The van der Waals surface area contributed by atoms with Crippen molar-refractivity contribution in [2.24, 2.45) is 5.41 Å². The lowest BCUT2D eigenvalue weighted by Crippen LogP contribution is -2.39. The zero-order valence-corrected chi connectivity index (χ0v) is 12.4. The van der Waals surface area contributed by atoms with Crippen LogP contribution in [-0.2, 0) is 11.3 Å². The van der Waals surface area contributed by atoms with Crippen molar-refractivity contribution >= 4 is 23.4 Å². The van der Waals surface area contributed by atoms with Crippen LogP contribution in [0.2, 0.25) is 0 Å². The quantitative estimate of drug-likeness (QED) is 0.858. The molecule has 0 aromatic carbocycles. The van der Waals surface area contributed by atoms with E-state index in [1.807, 2.05) is 11.4 Å². The van der Waals surface area contributed by atoms with Gasteiger partial charge in [0.15, 0.2) is 0 Å². The maximum Gasteiger partial charge on any atom is 0.328 e. The van der Waals surface area contributed by atoms with Gasteiger partial charge in [0.05, 0.1) is 0 Å². The molecule has 2 rings (SSSR count). The molecule has 0 aliphatic carbocycles. The predicted molar refractivity (Wildman–Crippen MR) is 79.3 cm³/mol. The van der Waals surface area contributed by atoms with E-state index in [1.54, 1.807) is 17.4 Å². The molecule has 3 nitrogen and oxygen atoms in total. The van der Waals surface area contributed by atoms with Gasteiger partial charge in [-0.05, 0) is 47.9 Å². The van der Waals surface area contributed by atoms with Gasteiger partial charge in [-0.2, -0.15) is 0 Å². The highest BCUT2D eigenvalue weighted by atomic mass is 32.1. The van der Waals surface area contributed by atoms with Crippen LogP contribution >= 0.6 is 11.3 Å². The van der Waals surface area contributed by atoms with Gasteiger partial charge in [0, 0.05) is 24.0 Å². The molecule has 0 bridgehead atoms. The zero-order chi connectivity index (χ0) is 13.9. The number of rotatable bonds is 4. The molecule has 1 aliphatic rings. The fraction of sp³-hybridized carbons (Fsp3) is 0.533. The van der Waals surface area contributed by atoms with Crippen LogP contribution in [0.1, 0.15) is 37.1 Å². The molecule has 1 aliphatic heterocycles. The maximum atomic E-state index is 10.6. The number of carboxylic acids is 1. The maximum absolute atomic E-state index is 10.6. The summed E-state index contributed by atoms with van der Waals surface area (Å²) >= 11 is 1.71. The molecule has 0 unspecified atom stereocenters. The molecule has 1 saturated heterocycles. The van der Waals surface area contributed by atoms with Crippen molar-refractivity contribution in [3.63, 3.8) is 0 Å². The fourth-order valence-corrected chi connectivity index (χ4v) is 3.58. The Labute approximate surface area is 118 Å². The molecular formula is C15H21NO2S. The SMILES string of the molecule is CC1(C)CCCN(Cc2sccc2C=CC(=O)O)C1. The van der Waals surface area contributed by atoms with Crippen LogP contribution < -0.4 is 0 Å². The summed E-state index contributed by atoms with van der Waals surface area (Å²) in [4.78, 5) is 14.3. The summed E-state index contributed by atoms with van der Waals surface area (Å²) in [5, 5.41) is 10.7. The predicted octanol–water partition coefficient (Wildman–Crippen LogP) is 3.47. The summed E-state index contributed by atoms with van der Waals surface area (Å²) in [5.41, 5.74) is 1.43. The van der Waals surface area contributed by atoms with Crippen LogP contribution in [0.5, 0.6) is 0 Å². The molecule has 1 aromatic heterocycles. The minimum absolute atomic E-state index is 0.395. The molecule has 0 saturated carbocycles. The van der Waals surface area contributed by atoms with E-state index < -0.39 is 5.97 Å². The van der Waals surface area contributed by atoms with E-state index in [9.17, 15) is 4.79 Å². The van der Waals surface area contributed by atoms with Gasteiger partial charge in [0.25, 0.3) is 0 Å². The van der Waals surface area contributed by atoms with Crippen molar-refractivity contribution < 1.29 is 9.90 Å². The van der Waals surface area contributed by atoms with Gasteiger partial charge < -0.3 is 5.11 Å². The Morgan fingerprint density at radius 1 is 1.58 bits per heavy atom. The highest BCUT2D eigenvalue weighted by molar-refractivity contribution is 7.10. The van der Waals surface area contributed by atoms with Crippen molar-refractivity contribution in [1.82, 2.24) is 4.90 Å². The standard InChI is InChI=1S/C15H21NO2S/c1-15(2)7-3-8-16(11-15)10-13-12(6-9-19-13)4-5-14(17)18/h4-6,9H,3,7-8,10-11H2,1-2H3,(H,17,18). The lowest BCUT2D eigenvalue weighted by molar-refractivity contribution is -0.131. The minimum atomic E-state index is -0.892. The lowest BCUT2D eigenvalue weighted by Gasteiger charge is -2.38. The van der Waals surface area contributed by atoms with E-state index in [1.165, 1.54) is 23.8 Å². The van der Waals surface area contributed by atoms with E-state index in [-0.39, 0.29) is 0 Å². The molecule has 104 valence electrons. The van der Waals surface area contributed by atoms with Crippen LogP contribution in [0, 0.1) is 5.41 Å². The molecular weight excluding hydrogens is 258 g/mol. The second-order valence-corrected chi connectivity index (χ2v) is 6.95. The van der Waals surface area contributed by atoms with Gasteiger partial charge in [0.2, 0.25) is 0 Å². The van der Waals surface area contributed by atoms with Crippen molar-refractivity contribution in [3.8, 4) is 0 Å². The number of piperidine rings is 1. The van der Waals surface area contributed by atoms with Crippen LogP contribution in [0.15, 0.2) is 17.5 Å². The minimum Gasteiger partial charge on any atom is -0.478 e. The molecule has 4 heteroatoms. The molecule has 0 radical (unpaired) electrons. The number of hydrogen-bond donors (Lipinski definition) is 1. The Morgan fingerprint density at radius 3 is 3.05 bits per heavy atom. The number of carbonyl (C=O) groups is 1. The number of nitrogens with zero attached hydrogens (tertiary/aromatic N) is 1. The number of likely N-dealkylation sites (tertiary alicyclic amines) is 1. The second kappa shape index (κ2) is 5.88. The first-order valence-electron chi connectivity index (χ1n) is 6.66. The Balaban J connectivity index is 2.03. The average Bonchev–Trinajstić information content (AvgIpc) is 2.72. The van der Waals surface area contributed by atoms with Gasteiger partial charge in [-0.3, -0.25) is 4.90 Å². The summed E-state index contributed by atoms with van der Waals surface area (Å²) in [5.74, 6) is -0.892. The van der Waals surface area contributed by atoms with Gasteiger partial charge in [-0.1, -0.05) is 13.8 Å². The molecule has 0 amide bonds. The largest absolute Gasteiger partial charge is 0.478 e. The summed E-state index contributed by atoms with van der Waals surface area (Å²) < 4.78 is 0. The summed E-state index contributed by atoms with van der Waals surface area (Å²) in [6.45, 7) is 7.83. The van der Waals surface area contributed by atoms with Crippen LogP contribution in [-0.4, -0.2) is 29.1 Å². The number of hydrogen-bond acceptors (Lipinski definition) is 3. The second-order valence-electron chi connectivity index (χ2n) is 5.95. The molecule has 2 heterocycles. The monoisotopic (exact) mass is 279 g/mol. The Hall–Kier alpha value is -1.13. The Morgan fingerprint density at radius 2 is 2.37 bits per heavy atom. The number of aliphatic carboxylic acids is 1. The van der Waals surface area contributed by atoms with E-state index >= 15 is 0 Å². The van der Waals surface area contributed by atoms with E-state index in [0.29, 0.717) is 5.41 Å². The normalized spacial score (nSPS) is 19.9. The summed E-state index contributed by atoms with van der Waals surface area (Å²) in [6.07, 6.45) is 5.45. The molecule has 1 fully saturated rings. The first-order valence-corrected chi connectivity index (χ1v) is 7.54. The van der Waals surface area contributed by atoms with Crippen LogP contribution in [0.4, 0.5) is 0 Å². The molecule has 0 atom stereocenters. The van der Waals surface area contributed by atoms with Gasteiger partial charge in [-0.25, -0.2) is 4.79 Å². The summed E-state index contributed by atoms with van der Waals surface area (Å²) in [6, 6.07) is 1.99. The third-order valence-electron chi connectivity index (χ3n) is 3.53. The topological polar surface area (TPSA) is 40.5 Å². The zero-order valence-electron chi connectivity index (χ0n) is 11.6. The molecule has 0 spiro atoms. The first-order chi connectivity index (χ1) is 8.96. The number of thiophene rings is 1. The molecule has 1 aromatic rings. The van der Waals surface area contributed by atoms with Crippen molar-refractivity contribution in [2.75, 3.05) is 13.1 Å². The highest BCUT2D eigenvalue weighted by Crippen LogP contribution is 2.30. The van der Waals surface area contributed by atoms with E-state index in [0.717, 1.165) is 25.2 Å². The van der Waals surface area contributed by atoms with Gasteiger partial charge >= 0.3 is 5.97 Å². The van der Waals surface area contributed by atoms with E-state index in [2.05, 4.69) is 18.7 Å². The van der Waals surface area contributed by atoms with E-state index in [4.69, 9.17) is 5.11 Å². The third-order valence-corrected chi connectivity index (χ3v) is 4.45. The third kappa shape index (κ3) is 4.18. The number of carboxylic acid groups (broad SMARTS) is 1. The van der Waals surface area contributed by atoms with Crippen molar-refractivity contribution in [2.45, 2.75) is 33.2 Å². The van der Waals surface area contributed by atoms with Crippen molar-refractivity contribution in [3.05, 3.63) is 28.0 Å². The Bertz CT molecular complexity index is 476. The summed E-state index contributed by atoms with van der Waals surface area (Å²) in [7, 11) is 0. The van der Waals surface area contributed by atoms with Crippen molar-refractivity contribution in [1.29, 1.82) is 0 Å². The van der Waals surface area contributed by atoms with Gasteiger partial charge in [-0.15, -0.1) is 11.3 Å². The molecule has 1 N–H and O–H groups in total. The Kier molecular flexibility index (Phi) is 4.42. The highest BCUT2D eigenvalue weighted by Gasteiger charge is 2.26. The smallest absolute Gasteiger partial charge is 0.328 e. The van der Waals surface area contributed by atoms with Crippen LogP contribution in [0.3, 0.4) is 0 Å². The average molecular weight is 279 g/mol. The van der Waals surface area contributed by atoms with Gasteiger partial charge in [0.1, 0.15) is 0 Å². The lowest BCUT2D eigenvalue weighted by atomic mass is 9.84. The first kappa shape index (κ1) is 14.3. The fourth-order valence-electron chi connectivity index (χ4n) is 2.67.